The minimum absolute atomic E-state index is 0. The summed E-state index contributed by atoms with van der Waals surface area (Å²) in [7, 11) is 1.93. The van der Waals surface area contributed by atoms with Crippen LogP contribution in [0.15, 0.2) is 28.8 Å². The fourth-order valence-electron chi connectivity index (χ4n) is 1.94. The maximum Gasteiger partial charge on any atom is 0.257 e. The van der Waals surface area contributed by atoms with E-state index in [9.17, 15) is 0 Å². The molecule has 0 fully saturated rings. The number of benzene rings is 1. The summed E-state index contributed by atoms with van der Waals surface area (Å²) in [6, 6.07) is 8.66. The van der Waals surface area contributed by atoms with E-state index in [-0.39, 0.29) is 17.8 Å². The lowest BCUT2D eigenvalue weighted by molar-refractivity contribution is 0.418. The van der Waals surface area contributed by atoms with Crippen LogP contribution in [0, 0.1) is 0 Å². The van der Waals surface area contributed by atoms with Crippen LogP contribution < -0.4 is 5.32 Å². The first-order chi connectivity index (χ1) is 9.40. The third-order valence-electron chi connectivity index (χ3n) is 3.45. The monoisotopic (exact) mass is 309 g/mol. The second-order valence-corrected chi connectivity index (χ2v) is 6.24. The van der Waals surface area contributed by atoms with E-state index in [2.05, 4.69) is 55.3 Å². The third-order valence-corrected chi connectivity index (χ3v) is 3.45. The summed E-state index contributed by atoms with van der Waals surface area (Å²) >= 11 is 0. The number of aromatic nitrogens is 2. The highest BCUT2D eigenvalue weighted by Gasteiger charge is 2.15. The molecule has 1 unspecified atom stereocenters. The number of nitrogens with zero attached hydrogens (tertiary/aromatic N) is 2. The van der Waals surface area contributed by atoms with Gasteiger partial charge in [0.2, 0.25) is 0 Å². The lowest BCUT2D eigenvalue weighted by Gasteiger charge is -2.18. The van der Waals surface area contributed by atoms with Crippen molar-refractivity contribution in [3.8, 4) is 11.5 Å². The molecule has 1 atom stereocenters. The topological polar surface area (TPSA) is 51.0 Å². The van der Waals surface area contributed by atoms with Crippen LogP contribution in [0.25, 0.3) is 11.5 Å². The first-order valence-corrected chi connectivity index (χ1v) is 7.01. The summed E-state index contributed by atoms with van der Waals surface area (Å²) in [5, 5.41) is 7.19. The van der Waals surface area contributed by atoms with Gasteiger partial charge in [-0.15, -0.1) is 12.4 Å². The average molecular weight is 310 g/mol. The number of hydrogen-bond donors (Lipinski definition) is 1. The first kappa shape index (κ1) is 17.7. The molecule has 0 amide bonds. The number of hydrogen-bond acceptors (Lipinski definition) is 4. The maximum absolute atomic E-state index is 5.33. The van der Waals surface area contributed by atoms with E-state index >= 15 is 0 Å². The zero-order valence-corrected chi connectivity index (χ0v) is 14.1. The Balaban J connectivity index is 0.00000220. The second-order valence-electron chi connectivity index (χ2n) is 6.24. The van der Waals surface area contributed by atoms with Crippen LogP contribution >= 0.6 is 12.4 Å². The molecule has 21 heavy (non-hydrogen) atoms. The number of rotatable bonds is 4. The molecule has 116 valence electrons. The molecule has 5 heteroatoms. The Bertz CT molecular complexity index is 558. The van der Waals surface area contributed by atoms with Crippen LogP contribution in [0.2, 0.25) is 0 Å². The van der Waals surface area contributed by atoms with Crippen molar-refractivity contribution in [2.75, 3.05) is 7.05 Å². The van der Waals surface area contributed by atoms with Crippen molar-refractivity contribution in [2.45, 2.75) is 45.6 Å². The first-order valence-electron chi connectivity index (χ1n) is 7.01. The van der Waals surface area contributed by atoms with Crippen molar-refractivity contribution >= 4 is 12.4 Å². The molecular weight excluding hydrogens is 286 g/mol. The third kappa shape index (κ3) is 4.55. The van der Waals surface area contributed by atoms with Crippen molar-refractivity contribution in [3.63, 3.8) is 0 Å². The van der Waals surface area contributed by atoms with Gasteiger partial charge in [0, 0.05) is 18.0 Å². The van der Waals surface area contributed by atoms with Crippen molar-refractivity contribution in [1.29, 1.82) is 0 Å². The molecule has 0 aliphatic heterocycles. The summed E-state index contributed by atoms with van der Waals surface area (Å²) < 4.78 is 5.33. The quantitative estimate of drug-likeness (QED) is 0.937. The van der Waals surface area contributed by atoms with Crippen LogP contribution in [0.1, 0.15) is 39.1 Å². The van der Waals surface area contributed by atoms with Crippen LogP contribution in [0.5, 0.6) is 0 Å². The number of halogens is 1. The highest BCUT2D eigenvalue weighted by atomic mass is 35.5. The SMILES string of the molecule is CNC(C)Cc1noc(-c2ccc(C(C)(C)C)cc2)n1.Cl. The average Bonchev–Trinajstić information content (AvgIpc) is 2.86. The van der Waals surface area contributed by atoms with Crippen molar-refractivity contribution in [3.05, 3.63) is 35.7 Å². The zero-order chi connectivity index (χ0) is 14.8. The van der Waals surface area contributed by atoms with Gasteiger partial charge in [-0.2, -0.15) is 4.98 Å². The molecule has 1 N–H and O–H groups in total. The summed E-state index contributed by atoms with van der Waals surface area (Å²) in [6.07, 6.45) is 0.764. The molecule has 1 aromatic heterocycles. The molecule has 0 saturated carbocycles. The lowest BCUT2D eigenvalue weighted by atomic mass is 9.87. The van der Waals surface area contributed by atoms with Gasteiger partial charge in [0.25, 0.3) is 5.89 Å². The van der Waals surface area contributed by atoms with E-state index in [1.54, 1.807) is 0 Å². The summed E-state index contributed by atoms with van der Waals surface area (Å²) in [4.78, 5) is 4.44. The van der Waals surface area contributed by atoms with Crippen molar-refractivity contribution in [1.82, 2.24) is 15.5 Å². The Morgan fingerprint density at radius 1 is 1.19 bits per heavy atom. The van der Waals surface area contributed by atoms with Crippen LogP contribution in [-0.2, 0) is 11.8 Å². The van der Waals surface area contributed by atoms with Gasteiger partial charge in [0.15, 0.2) is 5.82 Å². The number of likely N-dealkylation sites (N-methyl/N-ethyl adjacent to an activating group) is 1. The molecule has 0 radical (unpaired) electrons. The summed E-state index contributed by atoms with van der Waals surface area (Å²) in [5.41, 5.74) is 2.42. The largest absolute Gasteiger partial charge is 0.334 e. The summed E-state index contributed by atoms with van der Waals surface area (Å²) in [5.74, 6) is 1.32. The van der Waals surface area contributed by atoms with E-state index in [1.165, 1.54) is 5.56 Å². The Hall–Kier alpha value is -1.39. The van der Waals surface area contributed by atoms with E-state index in [0.717, 1.165) is 17.8 Å². The molecule has 0 aliphatic rings. The molecule has 2 rings (SSSR count). The standard InChI is InChI=1S/C16H23N3O.ClH/c1-11(17-5)10-14-18-15(20-19-14)12-6-8-13(9-7-12)16(2,3)4;/h6-9,11,17H,10H2,1-5H3;1H. The lowest BCUT2D eigenvalue weighted by Crippen LogP contribution is -2.24. The fourth-order valence-corrected chi connectivity index (χ4v) is 1.94. The van der Waals surface area contributed by atoms with Gasteiger partial charge < -0.3 is 9.84 Å². The van der Waals surface area contributed by atoms with Gasteiger partial charge in [-0.1, -0.05) is 38.1 Å². The maximum atomic E-state index is 5.33. The van der Waals surface area contributed by atoms with Gasteiger partial charge in [-0.3, -0.25) is 0 Å². The van der Waals surface area contributed by atoms with Gasteiger partial charge >= 0.3 is 0 Å². The Morgan fingerprint density at radius 2 is 1.81 bits per heavy atom. The van der Waals surface area contributed by atoms with Gasteiger partial charge in [-0.25, -0.2) is 0 Å². The molecule has 4 nitrogen and oxygen atoms in total. The molecule has 0 aliphatic carbocycles. The molecule has 0 bridgehead atoms. The van der Waals surface area contributed by atoms with Gasteiger partial charge in [0.05, 0.1) is 0 Å². The molecular formula is C16H24ClN3O. The second kappa shape index (κ2) is 7.05. The number of nitrogens with one attached hydrogen (secondary N) is 1. The van der Waals surface area contributed by atoms with Crippen LogP contribution in [0.3, 0.4) is 0 Å². The predicted molar refractivity (Wildman–Crippen MR) is 87.9 cm³/mol. The van der Waals surface area contributed by atoms with Gasteiger partial charge in [0.1, 0.15) is 0 Å². The normalized spacial score (nSPS) is 12.8. The Morgan fingerprint density at radius 3 is 2.33 bits per heavy atom. The highest BCUT2D eigenvalue weighted by molar-refractivity contribution is 5.85. The smallest absolute Gasteiger partial charge is 0.257 e. The zero-order valence-electron chi connectivity index (χ0n) is 13.3. The van der Waals surface area contributed by atoms with Crippen LogP contribution in [-0.4, -0.2) is 23.2 Å². The van der Waals surface area contributed by atoms with E-state index < -0.39 is 0 Å². The Kier molecular flexibility index (Phi) is 5.93. The molecule has 2 aromatic rings. The molecule has 1 aromatic carbocycles. The van der Waals surface area contributed by atoms with Crippen LogP contribution in [0.4, 0.5) is 0 Å². The fraction of sp³-hybridized carbons (Fsp3) is 0.500. The summed E-state index contributed by atoms with van der Waals surface area (Å²) in [6.45, 7) is 8.69. The molecule has 1 heterocycles. The molecule has 0 spiro atoms. The Labute approximate surface area is 132 Å². The van der Waals surface area contributed by atoms with E-state index in [0.29, 0.717) is 11.9 Å². The molecule has 0 saturated heterocycles. The van der Waals surface area contributed by atoms with E-state index in [4.69, 9.17) is 4.52 Å². The predicted octanol–water partition coefficient (Wildman–Crippen LogP) is 3.61. The minimum Gasteiger partial charge on any atom is -0.334 e. The van der Waals surface area contributed by atoms with Crippen molar-refractivity contribution < 1.29 is 4.52 Å². The van der Waals surface area contributed by atoms with Crippen molar-refractivity contribution in [2.24, 2.45) is 0 Å². The minimum atomic E-state index is 0. The highest BCUT2D eigenvalue weighted by Crippen LogP contribution is 2.25. The van der Waals surface area contributed by atoms with Gasteiger partial charge in [-0.05, 0) is 37.1 Å². The van der Waals surface area contributed by atoms with E-state index in [1.807, 2.05) is 19.2 Å².